The monoisotopic (exact) mass is 228 g/mol. The van der Waals surface area contributed by atoms with Gasteiger partial charge in [-0.3, -0.25) is 0 Å². The number of aromatic nitrogens is 2. The molecular formula is C13H16N4. The van der Waals surface area contributed by atoms with E-state index in [0.29, 0.717) is 12.5 Å². The zero-order valence-corrected chi connectivity index (χ0v) is 9.63. The summed E-state index contributed by atoms with van der Waals surface area (Å²) < 4.78 is 0. The Labute approximate surface area is 101 Å². The van der Waals surface area contributed by atoms with Gasteiger partial charge in [-0.1, -0.05) is 30.3 Å². The highest BCUT2D eigenvalue weighted by Gasteiger charge is 1.98. The maximum Gasteiger partial charge on any atom is 0.222 e. The number of nitrogens with one attached hydrogen (secondary N) is 1. The van der Waals surface area contributed by atoms with Crippen molar-refractivity contribution >= 4 is 5.95 Å². The highest BCUT2D eigenvalue weighted by molar-refractivity contribution is 5.61. The minimum Gasteiger partial charge on any atom is -0.354 e. The summed E-state index contributed by atoms with van der Waals surface area (Å²) in [7, 11) is 0. The van der Waals surface area contributed by atoms with Gasteiger partial charge in [0, 0.05) is 24.5 Å². The highest BCUT2D eigenvalue weighted by atomic mass is 15.1. The Morgan fingerprint density at radius 3 is 2.35 bits per heavy atom. The quantitative estimate of drug-likeness (QED) is 0.767. The molecule has 0 atom stereocenters. The van der Waals surface area contributed by atoms with Crippen molar-refractivity contribution in [1.29, 1.82) is 0 Å². The number of hydrogen-bond acceptors (Lipinski definition) is 4. The molecule has 1 aromatic carbocycles. The fourth-order valence-electron chi connectivity index (χ4n) is 1.50. The van der Waals surface area contributed by atoms with E-state index in [2.05, 4.69) is 15.3 Å². The lowest BCUT2D eigenvalue weighted by atomic mass is 10.1. The van der Waals surface area contributed by atoms with E-state index in [1.54, 1.807) is 0 Å². The van der Waals surface area contributed by atoms with Gasteiger partial charge in [0.2, 0.25) is 5.95 Å². The van der Waals surface area contributed by atoms with Gasteiger partial charge in [-0.2, -0.15) is 0 Å². The summed E-state index contributed by atoms with van der Waals surface area (Å²) >= 11 is 0. The molecule has 88 valence electrons. The van der Waals surface area contributed by atoms with Gasteiger partial charge in [0.05, 0.1) is 0 Å². The Morgan fingerprint density at radius 1 is 1.00 bits per heavy atom. The molecule has 3 N–H and O–H groups in total. The average Bonchev–Trinajstić information content (AvgIpc) is 2.41. The van der Waals surface area contributed by atoms with Crippen LogP contribution >= 0.6 is 0 Å². The van der Waals surface area contributed by atoms with Crippen LogP contribution in [0.3, 0.4) is 0 Å². The third-order valence-corrected chi connectivity index (χ3v) is 2.42. The molecule has 0 aliphatic rings. The van der Waals surface area contributed by atoms with E-state index in [1.165, 1.54) is 0 Å². The molecule has 0 unspecified atom stereocenters. The minimum atomic E-state index is 0.651. The van der Waals surface area contributed by atoms with E-state index in [-0.39, 0.29) is 0 Å². The van der Waals surface area contributed by atoms with Crippen LogP contribution in [0.25, 0.3) is 11.1 Å². The molecule has 0 saturated heterocycles. The summed E-state index contributed by atoms with van der Waals surface area (Å²) in [5.41, 5.74) is 7.56. The van der Waals surface area contributed by atoms with Gasteiger partial charge >= 0.3 is 0 Å². The molecule has 0 saturated carbocycles. The molecule has 0 fully saturated rings. The predicted molar refractivity (Wildman–Crippen MR) is 69.6 cm³/mol. The number of rotatable bonds is 5. The zero-order valence-electron chi connectivity index (χ0n) is 9.63. The minimum absolute atomic E-state index is 0.651. The van der Waals surface area contributed by atoms with Crippen LogP contribution in [0.4, 0.5) is 5.95 Å². The third kappa shape index (κ3) is 3.26. The van der Waals surface area contributed by atoms with E-state index in [9.17, 15) is 0 Å². The lowest BCUT2D eigenvalue weighted by Crippen LogP contribution is -2.10. The van der Waals surface area contributed by atoms with E-state index in [4.69, 9.17) is 5.73 Å². The van der Waals surface area contributed by atoms with Crippen LogP contribution in [0.15, 0.2) is 42.7 Å². The zero-order chi connectivity index (χ0) is 11.9. The highest BCUT2D eigenvalue weighted by Crippen LogP contribution is 2.16. The number of anilines is 1. The van der Waals surface area contributed by atoms with Gasteiger partial charge in [-0.05, 0) is 18.5 Å². The second-order valence-electron chi connectivity index (χ2n) is 3.73. The van der Waals surface area contributed by atoms with Crippen molar-refractivity contribution in [3.8, 4) is 11.1 Å². The molecule has 1 heterocycles. The van der Waals surface area contributed by atoms with Crippen molar-refractivity contribution in [3.05, 3.63) is 42.7 Å². The maximum atomic E-state index is 5.41. The number of nitrogens with two attached hydrogens (primary N) is 1. The Bertz CT molecular complexity index is 439. The van der Waals surface area contributed by atoms with Crippen LogP contribution in [0, 0.1) is 0 Å². The summed E-state index contributed by atoms with van der Waals surface area (Å²) in [5, 5.41) is 3.12. The average molecular weight is 228 g/mol. The predicted octanol–water partition coefficient (Wildman–Crippen LogP) is 1.90. The number of nitrogens with zero attached hydrogens (tertiary/aromatic N) is 2. The van der Waals surface area contributed by atoms with Crippen molar-refractivity contribution in [2.75, 3.05) is 18.4 Å². The van der Waals surface area contributed by atoms with Gasteiger partial charge in [0.15, 0.2) is 0 Å². The third-order valence-electron chi connectivity index (χ3n) is 2.42. The van der Waals surface area contributed by atoms with Crippen LogP contribution < -0.4 is 11.1 Å². The molecular weight excluding hydrogens is 212 g/mol. The van der Waals surface area contributed by atoms with E-state index < -0.39 is 0 Å². The summed E-state index contributed by atoms with van der Waals surface area (Å²) in [4.78, 5) is 8.53. The summed E-state index contributed by atoms with van der Waals surface area (Å²) in [6, 6.07) is 10.1. The summed E-state index contributed by atoms with van der Waals surface area (Å²) in [6.07, 6.45) is 4.57. The standard InChI is InChI=1S/C13H16N4/c14-7-4-8-15-13-16-9-12(10-17-13)11-5-2-1-3-6-11/h1-3,5-6,9-10H,4,7-8,14H2,(H,15,16,17). The first-order chi connectivity index (χ1) is 8.40. The summed E-state index contributed by atoms with van der Waals surface area (Å²) in [6.45, 7) is 1.48. The molecule has 0 aliphatic heterocycles. The van der Waals surface area contributed by atoms with Crippen LogP contribution in [-0.4, -0.2) is 23.1 Å². The Balaban J connectivity index is 2.03. The van der Waals surface area contributed by atoms with Crippen molar-refractivity contribution in [2.45, 2.75) is 6.42 Å². The molecule has 17 heavy (non-hydrogen) atoms. The van der Waals surface area contributed by atoms with Crippen molar-refractivity contribution in [1.82, 2.24) is 9.97 Å². The molecule has 0 bridgehead atoms. The summed E-state index contributed by atoms with van der Waals surface area (Å²) in [5.74, 6) is 0.651. The van der Waals surface area contributed by atoms with Gasteiger partial charge in [0.25, 0.3) is 0 Å². The van der Waals surface area contributed by atoms with Crippen LogP contribution in [0.2, 0.25) is 0 Å². The second-order valence-corrected chi connectivity index (χ2v) is 3.73. The van der Waals surface area contributed by atoms with Crippen molar-refractivity contribution in [2.24, 2.45) is 5.73 Å². The largest absolute Gasteiger partial charge is 0.354 e. The first-order valence-electron chi connectivity index (χ1n) is 5.71. The second kappa shape index (κ2) is 5.96. The topological polar surface area (TPSA) is 63.8 Å². The van der Waals surface area contributed by atoms with Gasteiger partial charge < -0.3 is 11.1 Å². The van der Waals surface area contributed by atoms with Gasteiger partial charge in [-0.25, -0.2) is 9.97 Å². The molecule has 4 heteroatoms. The maximum absolute atomic E-state index is 5.41. The lowest BCUT2D eigenvalue weighted by Gasteiger charge is -2.04. The van der Waals surface area contributed by atoms with E-state index in [0.717, 1.165) is 24.1 Å². The van der Waals surface area contributed by atoms with Gasteiger partial charge in [-0.15, -0.1) is 0 Å². The molecule has 0 radical (unpaired) electrons. The first-order valence-corrected chi connectivity index (χ1v) is 5.71. The van der Waals surface area contributed by atoms with Crippen LogP contribution in [0.1, 0.15) is 6.42 Å². The molecule has 0 aliphatic carbocycles. The van der Waals surface area contributed by atoms with E-state index in [1.807, 2.05) is 42.7 Å². The Hall–Kier alpha value is -1.94. The fraction of sp³-hybridized carbons (Fsp3) is 0.231. The molecule has 1 aromatic heterocycles. The lowest BCUT2D eigenvalue weighted by molar-refractivity contribution is 0.864. The van der Waals surface area contributed by atoms with Crippen molar-refractivity contribution < 1.29 is 0 Å². The molecule has 0 amide bonds. The Morgan fingerprint density at radius 2 is 1.71 bits per heavy atom. The SMILES string of the molecule is NCCCNc1ncc(-c2ccccc2)cn1. The van der Waals surface area contributed by atoms with E-state index >= 15 is 0 Å². The van der Waals surface area contributed by atoms with Crippen molar-refractivity contribution in [3.63, 3.8) is 0 Å². The van der Waals surface area contributed by atoms with Crippen LogP contribution in [-0.2, 0) is 0 Å². The normalized spacial score (nSPS) is 10.2. The fourth-order valence-corrected chi connectivity index (χ4v) is 1.50. The molecule has 0 spiro atoms. The van der Waals surface area contributed by atoms with Crippen LogP contribution in [0.5, 0.6) is 0 Å². The molecule has 2 aromatic rings. The Kier molecular flexibility index (Phi) is 4.05. The first kappa shape index (κ1) is 11.5. The van der Waals surface area contributed by atoms with Gasteiger partial charge in [0.1, 0.15) is 0 Å². The molecule has 4 nitrogen and oxygen atoms in total. The molecule has 2 rings (SSSR count). The smallest absolute Gasteiger partial charge is 0.222 e. The number of benzene rings is 1. The number of hydrogen-bond donors (Lipinski definition) is 2.